The van der Waals surface area contributed by atoms with Gasteiger partial charge in [0, 0.05) is 6.42 Å². The molecule has 20 heavy (non-hydrogen) atoms. The molecule has 9 heteroatoms. The van der Waals surface area contributed by atoms with Crippen LogP contribution in [-0.4, -0.2) is 35.6 Å². The molecule has 1 aromatic rings. The van der Waals surface area contributed by atoms with Crippen LogP contribution in [0.2, 0.25) is 0 Å². The molecular formula is C11H17F4N3O2. The van der Waals surface area contributed by atoms with Crippen molar-refractivity contribution in [3.63, 3.8) is 0 Å². The van der Waals surface area contributed by atoms with E-state index in [1.54, 1.807) is 0 Å². The summed E-state index contributed by atoms with van der Waals surface area (Å²) in [6.45, 7) is -1.17. The number of nitrogens with two attached hydrogens (primary N) is 1. The Morgan fingerprint density at radius 2 is 2.00 bits per heavy atom. The van der Waals surface area contributed by atoms with Crippen molar-refractivity contribution in [1.82, 2.24) is 10.1 Å². The van der Waals surface area contributed by atoms with Crippen molar-refractivity contribution in [2.45, 2.75) is 44.6 Å². The smallest absolute Gasteiger partial charge is 0.330 e. The average molecular weight is 299 g/mol. The normalized spacial score (nSPS) is 12.3. The lowest BCUT2D eigenvalue weighted by Crippen LogP contribution is -2.32. The van der Waals surface area contributed by atoms with Crippen molar-refractivity contribution < 1.29 is 26.8 Å². The van der Waals surface area contributed by atoms with Gasteiger partial charge in [0.15, 0.2) is 5.82 Å². The van der Waals surface area contributed by atoms with Gasteiger partial charge in [0.25, 0.3) is 0 Å². The first-order valence-electron chi connectivity index (χ1n) is 6.21. The lowest BCUT2D eigenvalue weighted by Gasteiger charge is -2.14. The molecule has 0 fully saturated rings. The van der Waals surface area contributed by atoms with Crippen LogP contribution in [0.4, 0.5) is 17.6 Å². The molecule has 1 rings (SSSR count). The molecule has 0 atom stereocenters. The van der Waals surface area contributed by atoms with E-state index in [9.17, 15) is 17.6 Å². The minimum atomic E-state index is -4.17. The number of rotatable bonds is 10. The van der Waals surface area contributed by atoms with Gasteiger partial charge in [-0.05, 0) is 19.4 Å². The van der Waals surface area contributed by atoms with Crippen molar-refractivity contribution in [3.8, 4) is 0 Å². The predicted molar refractivity (Wildman–Crippen MR) is 61.5 cm³/mol. The molecule has 0 aliphatic rings. The first-order valence-corrected chi connectivity index (χ1v) is 6.21. The van der Waals surface area contributed by atoms with Gasteiger partial charge in [0.2, 0.25) is 5.89 Å². The summed E-state index contributed by atoms with van der Waals surface area (Å²) in [4.78, 5) is 3.91. The molecule has 0 saturated heterocycles. The van der Waals surface area contributed by atoms with Gasteiger partial charge in [-0.2, -0.15) is 13.8 Å². The van der Waals surface area contributed by atoms with E-state index >= 15 is 0 Å². The van der Waals surface area contributed by atoms with Crippen LogP contribution in [0.25, 0.3) is 0 Å². The van der Waals surface area contributed by atoms with Crippen LogP contribution in [0.3, 0.4) is 0 Å². The second-order valence-electron chi connectivity index (χ2n) is 4.26. The fraction of sp³-hybridized carbons (Fsp3) is 0.818. The van der Waals surface area contributed by atoms with Crippen molar-refractivity contribution in [1.29, 1.82) is 0 Å². The molecule has 0 aliphatic heterocycles. The van der Waals surface area contributed by atoms with E-state index in [-0.39, 0.29) is 5.82 Å². The van der Waals surface area contributed by atoms with E-state index in [2.05, 4.69) is 14.9 Å². The number of hydrogen-bond donors (Lipinski definition) is 1. The minimum Gasteiger partial charge on any atom is -0.367 e. The summed E-state index contributed by atoms with van der Waals surface area (Å²) in [5.41, 5.74) is 5.34. The van der Waals surface area contributed by atoms with E-state index in [0.29, 0.717) is 18.9 Å². The number of unbranched alkanes of at least 4 members (excludes halogenated alkanes) is 2. The summed E-state index contributed by atoms with van der Waals surface area (Å²) < 4.78 is 58.1. The molecule has 0 aliphatic carbocycles. The molecule has 1 heterocycles. The molecule has 2 N–H and O–H groups in total. The van der Waals surface area contributed by atoms with Crippen LogP contribution < -0.4 is 5.73 Å². The van der Waals surface area contributed by atoms with Crippen LogP contribution >= 0.6 is 0 Å². The maximum absolute atomic E-state index is 12.5. The third kappa shape index (κ3) is 5.83. The van der Waals surface area contributed by atoms with Crippen molar-refractivity contribution in [3.05, 3.63) is 11.7 Å². The third-order valence-electron chi connectivity index (χ3n) is 2.45. The van der Waals surface area contributed by atoms with Crippen LogP contribution in [0.15, 0.2) is 4.52 Å². The number of alkyl halides is 4. The van der Waals surface area contributed by atoms with Crippen molar-refractivity contribution >= 4 is 0 Å². The molecule has 0 bridgehead atoms. The zero-order chi connectivity index (χ0) is 15.0. The number of aryl methyl sites for hydroxylation is 1. The summed E-state index contributed by atoms with van der Waals surface area (Å²) >= 11 is 0. The molecule has 1 aromatic heterocycles. The molecule has 0 unspecified atom stereocenters. The second-order valence-corrected chi connectivity index (χ2v) is 4.26. The largest absolute Gasteiger partial charge is 0.367 e. The zero-order valence-corrected chi connectivity index (χ0v) is 10.8. The molecular weight excluding hydrogens is 282 g/mol. The van der Waals surface area contributed by atoms with Crippen LogP contribution in [0.1, 0.15) is 31.0 Å². The number of hydrogen-bond acceptors (Lipinski definition) is 5. The fourth-order valence-corrected chi connectivity index (χ4v) is 1.39. The summed E-state index contributed by atoms with van der Waals surface area (Å²) in [7, 11) is 0. The second kappa shape index (κ2) is 8.15. The van der Waals surface area contributed by atoms with Gasteiger partial charge in [0.05, 0.1) is 0 Å². The molecule has 0 spiro atoms. The van der Waals surface area contributed by atoms with E-state index < -0.39 is 25.6 Å². The Kier molecular flexibility index (Phi) is 6.86. The maximum Gasteiger partial charge on any atom is 0.330 e. The first-order chi connectivity index (χ1) is 9.45. The fourth-order valence-electron chi connectivity index (χ4n) is 1.39. The lowest BCUT2D eigenvalue weighted by molar-refractivity contribution is -0.168. The van der Waals surface area contributed by atoms with Gasteiger partial charge in [-0.1, -0.05) is 11.6 Å². The van der Waals surface area contributed by atoms with E-state index in [1.165, 1.54) is 0 Å². The molecule has 0 amide bonds. The average Bonchev–Trinajstić information content (AvgIpc) is 2.82. The van der Waals surface area contributed by atoms with Crippen LogP contribution in [-0.2, 0) is 17.8 Å². The first kappa shape index (κ1) is 16.8. The van der Waals surface area contributed by atoms with Crippen LogP contribution in [0, 0.1) is 0 Å². The SMILES string of the molecule is NCCCCCc1nc(COCC(F)(F)C(F)F)no1. The minimum absolute atomic E-state index is 0.0592. The number of aromatic nitrogens is 2. The van der Waals surface area contributed by atoms with Gasteiger partial charge < -0.3 is 15.0 Å². The Balaban J connectivity index is 2.26. The molecule has 0 aromatic carbocycles. The van der Waals surface area contributed by atoms with Gasteiger partial charge in [0.1, 0.15) is 13.2 Å². The summed E-state index contributed by atoms with van der Waals surface area (Å²) in [5.74, 6) is -3.75. The zero-order valence-electron chi connectivity index (χ0n) is 10.8. The highest BCUT2D eigenvalue weighted by Gasteiger charge is 2.41. The summed E-state index contributed by atoms with van der Waals surface area (Å²) in [6, 6.07) is 0. The summed E-state index contributed by atoms with van der Waals surface area (Å²) in [6.07, 6.45) is -0.563. The van der Waals surface area contributed by atoms with E-state index in [4.69, 9.17) is 10.3 Å². The standard InChI is InChI=1S/C11H17F4N3O2/c12-10(13)11(14,15)7-19-6-8-17-9(20-18-8)4-2-1-3-5-16/h10H,1-7,16H2. The quantitative estimate of drug-likeness (QED) is 0.529. The van der Waals surface area contributed by atoms with Crippen molar-refractivity contribution in [2.24, 2.45) is 5.73 Å². The highest BCUT2D eigenvalue weighted by molar-refractivity contribution is 4.84. The van der Waals surface area contributed by atoms with E-state index in [0.717, 1.165) is 19.3 Å². The maximum atomic E-state index is 12.5. The molecule has 0 saturated carbocycles. The highest BCUT2D eigenvalue weighted by atomic mass is 19.3. The summed E-state index contributed by atoms with van der Waals surface area (Å²) in [5, 5.41) is 3.51. The lowest BCUT2D eigenvalue weighted by atomic mass is 10.2. The Bertz CT molecular complexity index is 388. The van der Waals surface area contributed by atoms with Crippen molar-refractivity contribution in [2.75, 3.05) is 13.2 Å². The van der Waals surface area contributed by atoms with E-state index in [1.807, 2.05) is 0 Å². The Hall–Kier alpha value is -1.22. The highest BCUT2D eigenvalue weighted by Crippen LogP contribution is 2.23. The van der Waals surface area contributed by atoms with Gasteiger partial charge in [-0.3, -0.25) is 0 Å². The number of ether oxygens (including phenoxy) is 1. The van der Waals surface area contributed by atoms with Gasteiger partial charge in [-0.25, -0.2) is 8.78 Å². The Labute approximate surface area is 113 Å². The molecule has 5 nitrogen and oxygen atoms in total. The number of halogens is 4. The monoisotopic (exact) mass is 299 g/mol. The molecule has 0 radical (unpaired) electrons. The predicted octanol–water partition coefficient (Wildman–Crippen LogP) is 2.16. The Morgan fingerprint density at radius 3 is 2.65 bits per heavy atom. The topological polar surface area (TPSA) is 74.2 Å². The van der Waals surface area contributed by atoms with Gasteiger partial charge in [-0.15, -0.1) is 0 Å². The Morgan fingerprint density at radius 1 is 1.25 bits per heavy atom. The molecule has 116 valence electrons. The number of nitrogens with zero attached hydrogens (tertiary/aromatic N) is 2. The van der Waals surface area contributed by atoms with Crippen LogP contribution in [0.5, 0.6) is 0 Å². The third-order valence-corrected chi connectivity index (χ3v) is 2.45. The van der Waals surface area contributed by atoms with Gasteiger partial charge >= 0.3 is 12.3 Å².